The minimum Gasteiger partial charge on any atom is -0.480 e. The minimum atomic E-state index is -1.08. The first-order valence-corrected chi connectivity index (χ1v) is 6.57. The number of amides is 2. The molecule has 2 amide bonds. The van der Waals surface area contributed by atoms with E-state index in [0.29, 0.717) is 13.0 Å². The van der Waals surface area contributed by atoms with E-state index < -0.39 is 24.1 Å². The van der Waals surface area contributed by atoms with Crippen LogP contribution in [0.25, 0.3) is 0 Å². The summed E-state index contributed by atoms with van der Waals surface area (Å²) >= 11 is 0. The summed E-state index contributed by atoms with van der Waals surface area (Å²) in [5, 5.41) is 21.2. The number of likely N-dealkylation sites (tertiary alicyclic amines) is 1. The Morgan fingerprint density at radius 2 is 2.00 bits per heavy atom. The predicted molar refractivity (Wildman–Crippen MR) is 72.3 cm³/mol. The second kappa shape index (κ2) is 6.38. The van der Waals surface area contributed by atoms with Gasteiger partial charge in [0.1, 0.15) is 6.04 Å². The number of nitrogens with zero attached hydrogens (tertiary/aromatic N) is 1. The molecule has 0 aromatic heterocycles. The first-order valence-electron chi connectivity index (χ1n) is 6.57. The topological polar surface area (TPSA) is 89.9 Å². The van der Waals surface area contributed by atoms with Crippen LogP contribution in [0.4, 0.5) is 4.79 Å². The second-order valence-corrected chi connectivity index (χ2v) is 4.86. The highest BCUT2D eigenvalue weighted by molar-refractivity contribution is 5.83. The van der Waals surface area contributed by atoms with Crippen LogP contribution in [0.3, 0.4) is 0 Å². The molecule has 1 aliphatic heterocycles. The molecule has 6 nitrogen and oxygen atoms in total. The molecule has 108 valence electrons. The Hall–Kier alpha value is -2.08. The zero-order valence-electron chi connectivity index (χ0n) is 11.0. The first-order chi connectivity index (χ1) is 9.58. The Balaban J connectivity index is 1.84. The van der Waals surface area contributed by atoms with Crippen LogP contribution in [0.15, 0.2) is 30.3 Å². The van der Waals surface area contributed by atoms with E-state index in [1.165, 1.54) is 4.90 Å². The molecule has 3 N–H and O–H groups in total. The SMILES string of the molecule is O=C(O)[C@@H]1C[C@H](O)CN1C(=O)NCCc1ccccc1. The average molecular weight is 278 g/mol. The number of urea groups is 1. The number of aliphatic carboxylic acids is 1. The molecule has 0 aliphatic carbocycles. The number of nitrogens with one attached hydrogen (secondary N) is 1. The number of rotatable bonds is 4. The van der Waals surface area contributed by atoms with Gasteiger partial charge in [-0.15, -0.1) is 0 Å². The van der Waals surface area contributed by atoms with Gasteiger partial charge in [0, 0.05) is 19.5 Å². The molecule has 0 saturated carbocycles. The van der Waals surface area contributed by atoms with Crippen molar-refractivity contribution in [2.45, 2.75) is 25.0 Å². The minimum absolute atomic E-state index is 0.0636. The van der Waals surface area contributed by atoms with Gasteiger partial charge in [0.2, 0.25) is 0 Å². The summed E-state index contributed by atoms with van der Waals surface area (Å²) in [4.78, 5) is 24.1. The number of benzene rings is 1. The maximum Gasteiger partial charge on any atom is 0.326 e. The summed E-state index contributed by atoms with van der Waals surface area (Å²) in [6.07, 6.45) is -0.00160. The van der Waals surface area contributed by atoms with E-state index in [-0.39, 0.29) is 13.0 Å². The van der Waals surface area contributed by atoms with Gasteiger partial charge in [0.15, 0.2) is 0 Å². The number of hydrogen-bond donors (Lipinski definition) is 3. The third-order valence-corrected chi connectivity index (χ3v) is 3.36. The molecule has 0 spiro atoms. The maximum absolute atomic E-state index is 11.9. The van der Waals surface area contributed by atoms with Crippen LogP contribution in [0.1, 0.15) is 12.0 Å². The van der Waals surface area contributed by atoms with Crippen molar-refractivity contribution in [3.8, 4) is 0 Å². The lowest BCUT2D eigenvalue weighted by Gasteiger charge is -2.21. The highest BCUT2D eigenvalue weighted by Gasteiger charge is 2.38. The molecule has 20 heavy (non-hydrogen) atoms. The summed E-state index contributed by atoms with van der Waals surface area (Å²) in [6.45, 7) is 0.496. The Morgan fingerprint density at radius 1 is 1.30 bits per heavy atom. The van der Waals surface area contributed by atoms with Gasteiger partial charge in [-0.05, 0) is 12.0 Å². The zero-order chi connectivity index (χ0) is 14.5. The highest BCUT2D eigenvalue weighted by Crippen LogP contribution is 2.18. The fraction of sp³-hybridized carbons (Fsp3) is 0.429. The van der Waals surface area contributed by atoms with Crippen molar-refractivity contribution in [1.29, 1.82) is 0 Å². The molecule has 1 aliphatic rings. The number of carbonyl (C=O) groups excluding carboxylic acids is 1. The van der Waals surface area contributed by atoms with Gasteiger partial charge in [0.25, 0.3) is 0 Å². The molecule has 1 aromatic carbocycles. The van der Waals surface area contributed by atoms with Crippen molar-refractivity contribution >= 4 is 12.0 Å². The van der Waals surface area contributed by atoms with E-state index in [4.69, 9.17) is 5.11 Å². The molecule has 2 atom stereocenters. The number of carboxylic acid groups (broad SMARTS) is 1. The number of carbonyl (C=O) groups is 2. The Labute approximate surface area is 117 Å². The van der Waals surface area contributed by atoms with Crippen LogP contribution in [0, 0.1) is 0 Å². The molecule has 6 heteroatoms. The van der Waals surface area contributed by atoms with Crippen molar-refractivity contribution < 1.29 is 19.8 Å². The molecule has 0 radical (unpaired) electrons. The molecular formula is C14H18N2O4. The van der Waals surface area contributed by atoms with Gasteiger partial charge in [-0.3, -0.25) is 0 Å². The monoisotopic (exact) mass is 278 g/mol. The van der Waals surface area contributed by atoms with Crippen LogP contribution in [-0.2, 0) is 11.2 Å². The lowest BCUT2D eigenvalue weighted by molar-refractivity contribution is -0.141. The van der Waals surface area contributed by atoms with Crippen LogP contribution in [0.5, 0.6) is 0 Å². The molecule has 0 unspecified atom stereocenters. The van der Waals surface area contributed by atoms with Gasteiger partial charge in [0.05, 0.1) is 6.10 Å². The lowest BCUT2D eigenvalue weighted by atomic mass is 10.1. The molecule has 1 fully saturated rings. The fourth-order valence-electron chi connectivity index (χ4n) is 2.33. The summed E-state index contributed by atoms with van der Waals surface area (Å²) in [7, 11) is 0. The number of β-amino-alcohol motifs (C(OH)–C–C–N with tert-alkyl or cyclic N) is 1. The largest absolute Gasteiger partial charge is 0.480 e. The van der Waals surface area contributed by atoms with Crippen molar-refractivity contribution in [3.63, 3.8) is 0 Å². The van der Waals surface area contributed by atoms with Gasteiger partial charge < -0.3 is 20.4 Å². The van der Waals surface area contributed by atoms with Crippen LogP contribution in [0.2, 0.25) is 0 Å². The van der Waals surface area contributed by atoms with E-state index >= 15 is 0 Å². The van der Waals surface area contributed by atoms with Crippen LogP contribution in [-0.4, -0.2) is 52.3 Å². The normalized spacial score (nSPS) is 21.8. The molecule has 1 saturated heterocycles. The molecule has 1 aromatic rings. The Morgan fingerprint density at radius 3 is 2.65 bits per heavy atom. The van der Waals surface area contributed by atoms with E-state index in [0.717, 1.165) is 5.56 Å². The van der Waals surface area contributed by atoms with Gasteiger partial charge in [-0.25, -0.2) is 9.59 Å². The van der Waals surface area contributed by atoms with Gasteiger partial charge in [-0.1, -0.05) is 30.3 Å². The predicted octanol–water partition coefficient (Wildman–Crippen LogP) is 0.459. The molecular weight excluding hydrogens is 260 g/mol. The summed E-state index contributed by atoms with van der Waals surface area (Å²) in [5.74, 6) is -1.08. The fourth-order valence-corrected chi connectivity index (χ4v) is 2.33. The van der Waals surface area contributed by atoms with Gasteiger partial charge in [-0.2, -0.15) is 0 Å². The highest BCUT2D eigenvalue weighted by atomic mass is 16.4. The van der Waals surface area contributed by atoms with Crippen molar-refractivity contribution in [2.75, 3.05) is 13.1 Å². The van der Waals surface area contributed by atoms with Crippen molar-refractivity contribution in [2.24, 2.45) is 0 Å². The molecule has 1 heterocycles. The number of aliphatic hydroxyl groups is 1. The van der Waals surface area contributed by atoms with Crippen LogP contribution < -0.4 is 5.32 Å². The smallest absolute Gasteiger partial charge is 0.326 e. The second-order valence-electron chi connectivity index (χ2n) is 4.86. The maximum atomic E-state index is 11.9. The molecule has 2 rings (SSSR count). The van der Waals surface area contributed by atoms with Crippen LogP contribution >= 0.6 is 0 Å². The third kappa shape index (κ3) is 3.48. The van der Waals surface area contributed by atoms with E-state index in [9.17, 15) is 14.7 Å². The standard InChI is InChI=1S/C14H18N2O4/c17-11-8-12(13(18)19)16(9-11)14(20)15-7-6-10-4-2-1-3-5-10/h1-5,11-12,17H,6-9H2,(H,15,20)(H,18,19)/t11-,12-/m0/s1. The Kier molecular flexibility index (Phi) is 4.57. The van der Waals surface area contributed by atoms with Crippen molar-refractivity contribution in [1.82, 2.24) is 10.2 Å². The van der Waals surface area contributed by atoms with Crippen molar-refractivity contribution in [3.05, 3.63) is 35.9 Å². The summed E-state index contributed by atoms with van der Waals surface area (Å²) < 4.78 is 0. The quantitative estimate of drug-likeness (QED) is 0.746. The summed E-state index contributed by atoms with van der Waals surface area (Å²) in [5.41, 5.74) is 1.10. The first kappa shape index (κ1) is 14.3. The summed E-state index contributed by atoms with van der Waals surface area (Å²) in [6, 6.07) is 8.32. The van der Waals surface area contributed by atoms with E-state index in [2.05, 4.69) is 5.32 Å². The lowest BCUT2D eigenvalue weighted by Crippen LogP contribution is -2.46. The molecule has 0 bridgehead atoms. The zero-order valence-corrected chi connectivity index (χ0v) is 11.0. The number of carboxylic acids is 1. The van der Waals surface area contributed by atoms with E-state index in [1.54, 1.807) is 0 Å². The third-order valence-electron chi connectivity index (χ3n) is 3.36. The average Bonchev–Trinajstić information content (AvgIpc) is 2.82. The number of hydrogen-bond acceptors (Lipinski definition) is 3. The van der Waals surface area contributed by atoms with E-state index in [1.807, 2.05) is 30.3 Å². The number of aliphatic hydroxyl groups excluding tert-OH is 1. The Bertz CT molecular complexity index is 477. The van der Waals surface area contributed by atoms with Gasteiger partial charge >= 0.3 is 12.0 Å².